The third-order valence-electron chi connectivity index (χ3n) is 4.09. The van der Waals surface area contributed by atoms with Crippen LogP contribution in [0.4, 0.5) is 5.69 Å². The van der Waals surface area contributed by atoms with Crippen LogP contribution in [0.25, 0.3) is 11.1 Å². The number of nitrogens with one attached hydrogen (secondary N) is 1. The van der Waals surface area contributed by atoms with Gasteiger partial charge in [0.15, 0.2) is 0 Å². The summed E-state index contributed by atoms with van der Waals surface area (Å²) in [5.74, 6) is 1.06. The quantitative estimate of drug-likeness (QED) is 0.768. The molecule has 2 aliphatic rings. The average molecular weight is 263 g/mol. The molecule has 3 heteroatoms. The molecule has 0 fully saturated rings. The summed E-state index contributed by atoms with van der Waals surface area (Å²) < 4.78 is 0. The normalized spacial score (nSPS) is 15.7. The fraction of sp³-hybridized carbons (Fsp3) is 0.235. The minimum absolute atomic E-state index is 0.703. The van der Waals surface area contributed by atoms with E-state index in [2.05, 4.69) is 64.8 Å². The standard InChI is InChI=1S/C17H17N3/c1-2-17-18-11-20(19-17)14-7-8-16-13(10-14)9-12-5-3-4-6-15(12)16/h3-8,10H,2,9,11H2,1H3,(H,18,19). The number of anilines is 1. The number of hydrogen-bond donors (Lipinski definition) is 1. The third kappa shape index (κ3) is 1.70. The number of amidine groups is 1. The second-order valence-electron chi connectivity index (χ2n) is 5.31. The van der Waals surface area contributed by atoms with Crippen molar-refractivity contribution in [3.05, 3.63) is 53.6 Å². The van der Waals surface area contributed by atoms with Gasteiger partial charge in [0.2, 0.25) is 0 Å². The Kier molecular flexibility index (Phi) is 2.52. The van der Waals surface area contributed by atoms with Crippen LogP contribution in [0.2, 0.25) is 0 Å². The maximum atomic E-state index is 4.48. The van der Waals surface area contributed by atoms with E-state index < -0.39 is 0 Å². The fourth-order valence-corrected chi connectivity index (χ4v) is 3.02. The Hall–Kier alpha value is -2.29. The summed E-state index contributed by atoms with van der Waals surface area (Å²) in [6, 6.07) is 15.4. The van der Waals surface area contributed by atoms with Gasteiger partial charge in [-0.2, -0.15) is 0 Å². The lowest BCUT2D eigenvalue weighted by Crippen LogP contribution is -2.35. The lowest BCUT2D eigenvalue weighted by molar-refractivity contribution is 0.835. The minimum Gasteiger partial charge on any atom is -0.284 e. The van der Waals surface area contributed by atoms with E-state index in [-0.39, 0.29) is 0 Å². The smallest absolute Gasteiger partial charge is 0.131 e. The van der Waals surface area contributed by atoms with Gasteiger partial charge < -0.3 is 0 Å². The SMILES string of the molecule is CCC1=NCN(c2ccc3c(c2)Cc2ccccc2-3)N1. The summed E-state index contributed by atoms with van der Waals surface area (Å²) in [4.78, 5) is 4.48. The van der Waals surface area contributed by atoms with Gasteiger partial charge in [0.1, 0.15) is 12.5 Å². The van der Waals surface area contributed by atoms with Crippen molar-refractivity contribution in [1.29, 1.82) is 0 Å². The summed E-state index contributed by atoms with van der Waals surface area (Å²) in [6.07, 6.45) is 1.99. The molecular weight excluding hydrogens is 246 g/mol. The summed E-state index contributed by atoms with van der Waals surface area (Å²) in [6.45, 7) is 2.82. The molecule has 0 bridgehead atoms. The third-order valence-corrected chi connectivity index (χ3v) is 4.09. The molecular formula is C17H17N3. The summed E-state index contributed by atoms with van der Waals surface area (Å²) in [5, 5.41) is 2.11. The molecule has 0 amide bonds. The van der Waals surface area contributed by atoms with Crippen LogP contribution in [0.3, 0.4) is 0 Å². The monoisotopic (exact) mass is 263 g/mol. The van der Waals surface area contributed by atoms with Gasteiger partial charge in [0.25, 0.3) is 0 Å². The van der Waals surface area contributed by atoms with Crippen molar-refractivity contribution >= 4 is 11.5 Å². The van der Waals surface area contributed by atoms with Crippen LogP contribution in [0.5, 0.6) is 0 Å². The first-order valence-corrected chi connectivity index (χ1v) is 7.14. The Bertz CT molecular complexity index is 703. The van der Waals surface area contributed by atoms with Crippen LogP contribution in [-0.2, 0) is 6.42 Å². The molecule has 1 aliphatic carbocycles. The fourth-order valence-electron chi connectivity index (χ4n) is 3.02. The van der Waals surface area contributed by atoms with E-state index in [1.165, 1.54) is 27.9 Å². The van der Waals surface area contributed by atoms with E-state index in [0.717, 1.165) is 18.7 Å². The van der Waals surface area contributed by atoms with Gasteiger partial charge in [-0.05, 0) is 40.8 Å². The van der Waals surface area contributed by atoms with Crippen molar-refractivity contribution in [1.82, 2.24) is 5.43 Å². The zero-order valence-electron chi connectivity index (χ0n) is 11.6. The van der Waals surface area contributed by atoms with Crippen LogP contribution in [0.15, 0.2) is 47.5 Å². The number of nitrogens with zero attached hydrogens (tertiary/aromatic N) is 2. The molecule has 0 saturated carbocycles. The molecule has 0 unspecified atom stereocenters. The number of hydrogen-bond acceptors (Lipinski definition) is 3. The molecule has 0 spiro atoms. The number of hydrazine groups is 1. The van der Waals surface area contributed by atoms with Crippen molar-refractivity contribution < 1.29 is 0 Å². The highest BCUT2D eigenvalue weighted by molar-refractivity contribution is 5.86. The van der Waals surface area contributed by atoms with E-state index >= 15 is 0 Å². The van der Waals surface area contributed by atoms with E-state index in [1.54, 1.807) is 0 Å². The van der Waals surface area contributed by atoms with E-state index in [4.69, 9.17) is 0 Å². The van der Waals surface area contributed by atoms with Crippen molar-refractivity contribution in [2.45, 2.75) is 19.8 Å². The zero-order chi connectivity index (χ0) is 13.5. The van der Waals surface area contributed by atoms with Gasteiger partial charge in [0, 0.05) is 6.42 Å². The van der Waals surface area contributed by atoms with Crippen LogP contribution in [0.1, 0.15) is 24.5 Å². The molecule has 1 aliphatic heterocycles. The summed E-state index contributed by atoms with van der Waals surface area (Å²) in [5.41, 5.74) is 10.2. The van der Waals surface area contributed by atoms with Crippen LogP contribution in [-0.4, -0.2) is 12.5 Å². The molecule has 3 nitrogen and oxygen atoms in total. The van der Waals surface area contributed by atoms with Crippen LogP contribution < -0.4 is 10.4 Å². The highest BCUT2D eigenvalue weighted by Crippen LogP contribution is 2.38. The van der Waals surface area contributed by atoms with Gasteiger partial charge in [0.05, 0.1) is 5.69 Å². The van der Waals surface area contributed by atoms with E-state index in [1.807, 2.05) is 0 Å². The predicted molar refractivity (Wildman–Crippen MR) is 82.9 cm³/mol. The van der Waals surface area contributed by atoms with E-state index in [0.29, 0.717) is 6.67 Å². The highest BCUT2D eigenvalue weighted by atomic mass is 15.6. The number of aliphatic imine (C=N–C) groups is 1. The van der Waals surface area contributed by atoms with Gasteiger partial charge in [-0.15, -0.1) is 0 Å². The number of rotatable bonds is 2. The second-order valence-corrected chi connectivity index (χ2v) is 5.31. The number of benzene rings is 2. The number of fused-ring (bicyclic) bond motifs is 3. The maximum absolute atomic E-state index is 4.48. The maximum Gasteiger partial charge on any atom is 0.131 e. The molecule has 1 N–H and O–H groups in total. The Morgan fingerprint density at radius 2 is 1.95 bits per heavy atom. The first-order valence-electron chi connectivity index (χ1n) is 7.14. The van der Waals surface area contributed by atoms with Gasteiger partial charge in [-0.3, -0.25) is 10.4 Å². The predicted octanol–water partition coefficient (Wildman–Crippen LogP) is 3.35. The van der Waals surface area contributed by atoms with Crippen LogP contribution >= 0.6 is 0 Å². The van der Waals surface area contributed by atoms with Gasteiger partial charge in [-0.1, -0.05) is 37.3 Å². The highest BCUT2D eigenvalue weighted by Gasteiger charge is 2.20. The van der Waals surface area contributed by atoms with Crippen molar-refractivity contribution in [3.8, 4) is 11.1 Å². The molecule has 1 heterocycles. The second kappa shape index (κ2) is 4.37. The molecule has 0 saturated heterocycles. The van der Waals surface area contributed by atoms with Crippen molar-refractivity contribution in [2.75, 3.05) is 11.7 Å². The van der Waals surface area contributed by atoms with Gasteiger partial charge >= 0.3 is 0 Å². The molecule has 2 aromatic rings. The first-order chi connectivity index (χ1) is 9.85. The lowest BCUT2D eigenvalue weighted by atomic mass is 10.1. The molecule has 20 heavy (non-hydrogen) atoms. The van der Waals surface area contributed by atoms with E-state index in [9.17, 15) is 0 Å². The lowest BCUT2D eigenvalue weighted by Gasteiger charge is -2.19. The molecule has 2 aromatic carbocycles. The average Bonchev–Trinajstić information content (AvgIpc) is 3.10. The van der Waals surface area contributed by atoms with Crippen molar-refractivity contribution in [3.63, 3.8) is 0 Å². The zero-order valence-corrected chi connectivity index (χ0v) is 11.6. The summed E-state index contributed by atoms with van der Waals surface area (Å²) in [7, 11) is 0. The van der Waals surface area contributed by atoms with Crippen LogP contribution in [0, 0.1) is 0 Å². The minimum atomic E-state index is 0.703. The Morgan fingerprint density at radius 1 is 1.10 bits per heavy atom. The summed E-state index contributed by atoms with van der Waals surface area (Å²) >= 11 is 0. The molecule has 0 atom stereocenters. The van der Waals surface area contributed by atoms with Crippen molar-refractivity contribution in [2.24, 2.45) is 4.99 Å². The molecule has 0 radical (unpaired) electrons. The first kappa shape index (κ1) is 11.5. The van der Waals surface area contributed by atoms with Gasteiger partial charge in [-0.25, -0.2) is 4.99 Å². The molecule has 100 valence electrons. The molecule has 4 rings (SSSR count). The Balaban J connectivity index is 1.66. The topological polar surface area (TPSA) is 27.6 Å². The largest absolute Gasteiger partial charge is 0.284 e. The Labute approximate surface area is 118 Å². The Morgan fingerprint density at radius 3 is 2.80 bits per heavy atom. The molecule has 0 aromatic heterocycles.